The lowest BCUT2D eigenvalue weighted by Crippen LogP contribution is -2.27. The molecule has 1 amide bonds. The van der Waals surface area contributed by atoms with Crippen LogP contribution in [0.4, 0.5) is 5.82 Å². The first-order chi connectivity index (χ1) is 11.7. The Labute approximate surface area is 140 Å². The van der Waals surface area contributed by atoms with Crippen molar-refractivity contribution < 1.29 is 4.79 Å². The molecule has 1 heterocycles. The van der Waals surface area contributed by atoms with E-state index < -0.39 is 0 Å². The second-order valence-electron chi connectivity index (χ2n) is 5.51. The zero-order valence-corrected chi connectivity index (χ0v) is 13.4. The normalized spacial score (nSPS) is 10.5. The Kier molecular flexibility index (Phi) is 4.56. The highest BCUT2D eigenvalue weighted by molar-refractivity contribution is 5.96. The SMILES string of the molecule is Cc1ccccc1-n1nnc(C(=O)NCCc2ccccc2)c1N. The molecule has 3 aromatic rings. The largest absolute Gasteiger partial charge is 0.382 e. The van der Waals surface area contributed by atoms with Crippen LogP contribution in [0.1, 0.15) is 21.6 Å². The first kappa shape index (κ1) is 15.7. The molecule has 0 saturated carbocycles. The Morgan fingerprint density at radius 2 is 1.83 bits per heavy atom. The van der Waals surface area contributed by atoms with Crippen LogP contribution in [-0.4, -0.2) is 27.4 Å². The van der Waals surface area contributed by atoms with E-state index in [1.54, 1.807) is 0 Å². The first-order valence-corrected chi connectivity index (χ1v) is 7.76. The molecule has 122 valence electrons. The van der Waals surface area contributed by atoms with Gasteiger partial charge in [-0.25, -0.2) is 0 Å². The summed E-state index contributed by atoms with van der Waals surface area (Å²) in [5, 5.41) is 10.8. The molecule has 3 rings (SSSR count). The average Bonchev–Trinajstić information content (AvgIpc) is 2.98. The number of aromatic nitrogens is 3. The molecule has 3 N–H and O–H groups in total. The van der Waals surface area contributed by atoms with Crippen LogP contribution in [0.5, 0.6) is 0 Å². The number of carbonyl (C=O) groups excluding carboxylic acids is 1. The van der Waals surface area contributed by atoms with Crippen LogP contribution in [0.15, 0.2) is 54.6 Å². The molecule has 0 aliphatic rings. The highest BCUT2D eigenvalue weighted by Gasteiger charge is 2.18. The van der Waals surface area contributed by atoms with Gasteiger partial charge in [0.25, 0.3) is 5.91 Å². The van der Waals surface area contributed by atoms with Gasteiger partial charge < -0.3 is 11.1 Å². The lowest BCUT2D eigenvalue weighted by atomic mass is 10.1. The number of nitrogen functional groups attached to an aromatic ring is 1. The summed E-state index contributed by atoms with van der Waals surface area (Å²) in [7, 11) is 0. The fourth-order valence-corrected chi connectivity index (χ4v) is 2.48. The summed E-state index contributed by atoms with van der Waals surface area (Å²) in [5.74, 6) is -0.0789. The van der Waals surface area contributed by atoms with Crippen LogP contribution in [0.25, 0.3) is 5.69 Å². The van der Waals surface area contributed by atoms with Gasteiger partial charge in [0.1, 0.15) is 0 Å². The number of hydrogen-bond donors (Lipinski definition) is 2. The Morgan fingerprint density at radius 1 is 1.12 bits per heavy atom. The van der Waals surface area contributed by atoms with Crippen molar-refractivity contribution in [2.24, 2.45) is 0 Å². The van der Waals surface area contributed by atoms with E-state index in [1.165, 1.54) is 4.68 Å². The van der Waals surface area contributed by atoms with Crippen molar-refractivity contribution >= 4 is 11.7 Å². The molecular formula is C18H19N5O. The molecule has 6 nitrogen and oxygen atoms in total. The maximum atomic E-state index is 12.3. The van der Waals surface area contributed by atoms with Crippen LogP contribution in [0.2, 0.25) is 0 Å². The smallest absolute Gasteiger partial charge is 0.275 e. The summed E-state index contributed by atoms with van der Waals surface area (Å²) in [6, 6.07) is 17.6. The number of rotatable bonds is 5. The van der Waals surface area contributed by atoms with E-state index in [9.17, 15) is 4.79 Å². The van der Waals surface area contributed by atoms with E-state index in [-0.39, 0.29) is 17.4 Å². The lowest BCUT2D eigenvalue weighted by molar-refractivity contribution is 0.0950. The topological polar surface area (TPSA) is 85.8 Å². The van der Waals surface area contributed by atoms with Crippen molar-refractivity contribution in [2.75, 3.05) is 12.3 Å². The summed E-state index contributed by atoms with van der Waals surface area (Å²) in [6.45, 7) is 2.47. The minimum absolute atomic E-state index is 0.145. The average molecular weight is 321 g/mol. The number of carbonyl (C=O) groups is 1. The summed E-state index contributed by atoms with van der Waals surface area (Å²) < 4.78 is 1.49. The lowest BCUT2D eigenvalue weighted by Gasteiger charge is -2.07. The molecule has 2 aromatic carbocycles. The predicted octanol–water partition coefficient (Wildman–Crippen LogP) is 2.13. The van der Waals surface area contributed by atoms with Crippen LogP contribution in [0.3, 0.4) is 0 Å². The molecular weight excluding hydrogens is 302 g/mol. The quantitative estimate of drug-likeness (QED) is 0.754. The second kappa shape index (κ2) is 6.95. The molecule has 0 spiro atoms. The molecule has 0 bridgehead atoms. The van der Waals surface area contributed by atoms with Gasteiger partial charge in [-0.15, -0.1) is 5.10 Å². The number of anilines is 1. The zero-order valence-electron chi connectivity index (χ0n) is 13.4. The van der Waals surface area contributed by atoms with Crippen molar-refractivity contribution in [1.29, 1.82) is 0 Å². The summed E-state index contributed by atoms with van der Waals surface area (Å²) in [5.41, 5.74) is 9.19. The monoisotopic (exact) mass is 321 g/mol. The minimum atomic E-state index is -0.316. The number of hydrogen-bond acceptors (Lipinski definition) is 4. The van der Waals surface area contributed by atoms with Crippen LogP contribution >= 0.6 is 0 Å². The van der Waals surface area contributed by atoms with Crippen molar-refractivity contribution in [3.8, 4) is 5.69 Å². The molecule has 0 atom stereocenters. The Hall–Kier alpha value is -3.15. The maximum Gasteiger partial charge on any atom is 0.275 e. The molecule has 6 heteroatoms. The van der Waals surface area contributed by atoms with Gasteiger partial charge >= 0.3 is 0 Å². The van der Waals surface area contributed by atoms with Gasteiger partial charge in [-0.05, 0) is 30.5 Å². The highest BCUT2D eigenvalue weighted by atomic mass is 16.2. The standard InChI is InChI=1S/C18H19N5O/c1-13-7-5-6-10-15(13)23-17(19)16(21-22-23)18(24)20-12-11-14-8-3-2-4-9-14/h2-10H,11-12,19H2,1H3,(H,20,24). The van der Waals surface area contributed by atoms with Gasteiger partial charge in [-0.2, -0.15) is 4.68 Å². The Bertz CT molecular complexity index is 842. The third-order valence-corrected chi connectivity index (χ3v) is 3.81. The van der Waals surface area contributed by atoms with Crippen LogP contribution in [-0.2, 0) is 6.42 Å². The first-order valence-electron chi connectivity index (χ1n) is 7.76. The van der Waals surface area contributed by atoms with E-state index in [0.717, 1.165) is 23.2 Å². The number of nitrogens with zero attached hydrogens (tertiary/aromatic N) is 3. The fraction of sp³-hybridized carbons (Fsp3) is 0.167. The fourth-order valence-electron chi connectivity index (χ4n) is 2.48. The van der Waals surface area contributed by atoms with E-state index in [0.29, 0.717) is 6.54 Å². The third kappa shape index (κ3) is 3.27. The summed E-state index contributed by atoms with van der Waals surface area (Å²) in [6.07, 6.45) is 0.748. The summed E-state index contributed by atoms with van der Waals surface area (Å²) >= 11 is 0. The van der Waals surface area contributed by atoms with Gasteiger partial charge in [0.2, 0.25) is 0 Å². The number of benzene rings is 2. The van der Waals surface area contributed by atoms with Crippen LogP contribution in [0, 0.1) is 6.92 Å². The van der Waals surface area contributed by atoms with Crippen LogP contribution < -0.4 is 11.1 Å². The van der Waals surface area contributed by atoms with E-state index in [2.05, 4.69) is 15.6 Å². The van der Waals surface area contributed by atoms with Crippen molar-refractivity contribution in [3.05, 3.63) is 71.4 Å². The number of nitrogens with two attached hydrogens (primary N) is 1. The molecule has 0 fully saturated rings. The van der Waals surface area contributed by atoms with E-state index >= 15 is 0 Å². The van der Waals surface area contributed by atoms with E-state index in [1.807, 2.05) is 61.5 Å². The molecule has 0 aliphatic heterocycles. The number of aryl methyl sites for hydroxylation is 1. The molecule has 0 aliphatic carbocycles. The molecule has 1 aromatic heterocycles. The van der Waals surface area contributed by atoms with Crippen molar-refractivity contribution in [3.63, 3.8) is 0 Å². The van der Waals surface area contributed by atoms with Gasteiger partial charge in [0.05, 0.1) is 5.69 Å². The third-order valence-electron chi connectivity index (χ3n) is 3.81. The molecule has 0 saturated heterocycles. The van der Waals surface area contributed by atoms with Gasteiger partial charge in [-0.1, -0.05) is 53.7 Å². The second-order valence-corrected chi connectivity index (χ2v) is 5.51. The molecule has 24 heavy (non-hydrogen) atoms. The number of para-hydroxylation sites is 1. The van der Waals surface area contributed by atoms with Crippen molar-refractivity contribution in [2.45, 2.75) is 13.3 Å². The summed E-state index contributed by atoms with van der Waals surface area (Å²) in [4.78, 5) is 12.3. The minimum Gasteiger partial charge on any atom is -0.382 e. The maximum absolute atomic E-state index is 12.3. The number of nitrogens with one attached hydrogen (secondary N) is 1. The predicted molar refractivity (Wildman–Crippen MR) is 93.0 cm³/mol. The number of amides is 1. The van der Waals surface area contributed by atoms with Gasteiger partial charge in [0, 0.05) is 6.54 Å². The zero-order chi connectivity index (χ0) is 16.9. The Balaban J connectivity index is 1.69. The van der Waals surface area contributed by atoms with Gasteiger partial charge in [-0.3, -0.25) is 4.79 Å². The molecule has 0 radical (unpaired) electrons. The van der Waals surface area contributed by atoms with Gasteiger partial charge in [0.15, 0.2) is 11.5 Å². The molecule has 0 unspecified atom stereocenters. The van der Waals surface area contributed by atoms with Crippen molar-refractivity contribution in [1.82, 2.24) is 20.3 Å². The Morgan fingerprint density at radius 3 is 2.58 bits per heavy atom. The highest BCUT2D eigenvalue weighted by Crippen LogP contribution is 2.18. The van der Waals surface area contributed by atoms with E-state index in [4.69, 9.17) is 5.73 Å².